The van der Waals surface area contributed by atoms with Gasteiger partial charge in [-0.25, -0.2) is 10.0 Å². The summed E-state index contributed by atoms with van der Waals surface area (Å²) >= 11 is 9.99. The number of nitrogens with one attached hydrogen (secondary N) is 1. The number of rotatable bonds is 8. The van der Waals surface area contributed by atoms with Crippen LogP contribution in [0.25, 0.3) is 0 Å². The highest BCUT2D eigenvalue weighted by Gasteiger charge is 2.30. The zero-order valence-corrected chi connectivity index (χ0v) is 21.7. The summed E-state index contributed by atoms with van der Waals surface area (Å²) < 4.78 is 12.0. The van der Waals surface area contributed by atoms with E-state index in [-0.39, 0.29) is 16.9 Å². The molecule has 1 rings (SSSR count). The van der Waals surface area contributed by atoms with Crippen molar-refractivity contribution in [2.24, 2.45) is 5.41 Å². The molecule has 0 aromatic heterocycles. The van der Waals surface area contributed by atoms with Gasteiger partial charge in [-0.2, -0.15) is 0 Å². The summed E-state index contributed by atoms with van der Waals surface area (Å²) in [7, 11) is 0.821. The molecule has 0 saturated heterocycles. The lowest BCUT2D eigenvalue weighted by atomic mass is 9.81. The Morgan fingerprint density at radius 2 is 1.75 bits per heavy atom. The summed E-state index contributed by atoms with van der Waals surface area (Å²) in [6.07, 6.45) is 7.51. The van der Waals surface area contributed by atoms with E-state index < -0.39 is 10.0 Å². The number of amides is 1. The molecule has 0 aliphatic carbocycles. The van der Waals surface area contributed by atoms with E-state index in [2.05, 4.69) is 60.8 Å². The van der Waals surface area contributed by atoms with Crippen LogP contribution in [0.3, 0.4) is 0 Å². The first-order valence-corrected chi connectivity index (χ1v) is 13.4. The third kappa shape index (κ3) is 8.03. The largest absolute Gasteiger partial charge is 0.494 e. The average molecular weight is 497 g/mol. The van der Waals surface area contributed by atoms with Crippen LogP contribution in [0.1, 0.15) is 51.4 Å². The second kappa shape index (κ2) is 9.48. The number of carbonyl (C=O) groups is 1. The van der Waals surface area contributed by atoms with Gasteiger partial charge in [-0.3, -0.25) is 4.79 Å². The van der Waals surface area contributed by atoms with Crippen LogP contribution in [0.4, 0.5) is 0 Å². The second-order valence-corrected chi connectivity index (χ2v) is 15.6. The van der Waals surface area contributed by atoms with Crippen molar-refractivity contribution in [2.75, 3.05) is 38.2 Å². The number of hydrogen-bond donors (Lipinski definition) is 1. The Bertz CT molecular complexity index is 709. The van der Waals surface area contributed by atoms with E-state index in [0.29, 0.717) is 33.2 Å². The first kappa shape index (κ1) is 25.4. The molecular weight excluding hydrogens is 462 g/mol. The number of ether oxygens (including phenoxy) is 2. The summed E-state index contributed by atoms with van der Waals surface area (Å²) in [5.74, 6) is 1.54. The third-order valence-corrected chi connectivity index (χ3v) is 6.27. The lowest BCUT2D eigenvalue weighted by Crippen LogP contribution is -2.46. The lowest BCUT2D eigenvalue weighted by Gasteiger charge is -2.33. The van der Waals surface area contributed by atoms with E-state index in [1.807, 2.05) is 13.8 Å². The van der Waals surface area contributed by atoms with Crippen LogP contribution in [0.5, 0.6) is 11.5 Å². The van der Waals surface area contributed by atoms with Gasteiger partial charge >= 0.3 is 0 Å². The topological polar surface area (TPSA) is 47.6 Å². The van der Waals surface area contributed by atoms with Gasteiger partial charge in [0.1, 0.15) is 5.02 Å². The van der Waals surface area contributed by atoms with Gasteiger partial charge < -0.3 is 14.8 Å². The van der Waals surface area contributed by atoms with E-state index in [9.17, 15) is 4.79 Å². The molecule has 0 aliphatic heterocycles. The molecule has 0 atom stereocenters. The molecule has 1 aromatic carbocycles. The zero-order valence-electron chi connectivity index (χ0n) is 18.6. The Morgan fingerprint density at radius 3 is 2.21 bits per heavy atom. The van der Waals surface area contributed by atoms with E-state index in [1.165, 1.54) is 0 Å². The molecule has 162 valence electrons. The lowest BCUT2D eigenvalue weighted by molar-refractivity contribution is 0.0887. The van der Waals surface area contributed by atoms with E-state index >= 15 is 0 Å². The Hall–Kier alpha value is -0.590. The summed E-state index contributed by atoms with van der Waals surface area (Å²) in [6.45, 7) is 11.0. The smallest absolute Gasteiger partial charge is 0.255 e. The molecule has 0 bridgehead atoms. The maximum absolute atomic E-state index is 13.1. The summed E-state index contributed by atoms with van der Waals surface area (Å²) in [4.78, 5) is 13.1. The SMILES string of the molecule is COc1c(Br)cc(C(=O)NC(C)(C)CC(C)(C)C)c(OCCS(C)(C)C)c1Cl. The van der Waals surface area contributed by atoms with Crippen molar-refractivity contribution in [1.82, 2.24) is 5.32 Å². The third-order valence-electron chi connectivity index (χ3n) is 3.95. The van der Waals surface area contributed by atoms with Crippen molar-refractivity contribution in [2.45, 2.75) is 46.6 Å². The molecule has 1 amide bonds. The first-order chi connectivity index (χ1) is 12.6. The molecule has 1 aromatic rings. The Morgan fingerprint density at radius 1 is 1.18 bits per heavy atom. The minimum atomic E-state index is -0.722. The molecule has 28 heavy (non-hydrogen) atoms. The van der Waals surface area contributed by atoms with Crippen LogP contribution < -0.4 is 14.8 Å². The molecule has 0 radical (unpaired) electrons. The van der Waals surface area contributed by atoms with E-state index in [1.54, 1.807) is 13.2 Å². The normalized spacial score (nSPS) is 13.2. The van der Waals surface area contributed by atoms with Crippen LogP contribution >= 0.6 is 37.6 Å². The zero-order chi connectivity index (χ0) is 21.9. The highest BCUT2D eigenvalue weighted by atomic mass is 79.9. The molecule has 0 unspecified atom stereocenters. The monoisotopic (exact) mass is 495 g/mol. The van der Waals surface area contributed by atoms with Crippen molar-refractivity contribution in [3.63, 3.8) is 0 Å². The number of carbonyl (C=O) groups excluding carboxylic acids is 1. The Labute approximate surface area is 185 Å². The number of halogens is 2. The fraction of sp³-hybridized carbons (Fsp3) is 0.667. The van der Waals surface area contributed by atoms with Gasteiger partial charge in [0, 0.05) is 11.3 Å². The van der Waals surface area contributed by atoms with Crippen LogP contribution in [0.2, 0.25) is 5.02 Å². The highest BCUT2D eigenvalue weighted by molar-refractivity contribution is 9.10. The van der Waals surface area contributed by atoms with Gasteiger partial charge in [0.15, 0.2) is 11.5 Å². The maximum atomic E-state index is 13.1. The Kier molecular flexibility index (Phi) is 8.62. The predicted molar refractivity (Wildman–Crippen MR) is 127 cm³/mol. The van der Waals surface area contributed by atoms with Gasteiger partial charge in [-0.15, -0.1) is 0 Å². The summed E-state index contributed by atoms with van der Waals surface area (Å²) in [5, 5.41) is 3.44. The fourth-order valence-electron chi connectivity index (χ4n) is 3.22. The molecule has 0 aliphatic rings. The molecule has 0 fully saturated rings. The minimum absolute atomic E-state index is 0.0870. The van der Waals surface area contributed by atoms with E-state index in [0.717, 1.165) is 12.2 Å². The molecule has 7 heteroatoms. The maximum Gasteiger partial charge on any atom is 0.255 e. The van der Waals surface area contributed by atoms with E-state index in [4.69, 9.17) is 21.1 Å². The molecule has 1 N–H and O–H groups in total. The van der Waals surface area contributed by atoms with Crippen LogP contribution in [0, 0.1) is 5.41 Å². The molecule has 4 nitrogen and oxygen atoms in total. The molecule has 0 heterocycles. The van der Waals surface area contributed by atoms with Crippen LogP contribution in [0.15, 0.2) is 10.5 Å². The standard InChI is InChI=1S/C21H35BrClNO3S/c1-20(2,3)13-21(4,5)24-19(25)14-12-15(22)18(26-6)16(23)17(14)27-10-11-28(7,8)9/h12H,10-11,13H2,1-9H3,(H,24,25). The fourth-order valence-corrected chi connectivity index (χ4v) is 4.84. The van der Waals surface area contributed by atoms with Gasteiger partial charge in [0.2, 0.25) is 0 Å². The molecule has 0 saturated carbocycles. The summed E-state index contributed by atoms with van der Waals surface area (Å²) in [5.41, 5.74) is 0.119. The van der Waals surface area contributed by atoms with Crippen molar-refractivity contribution in [3.05, 3.63) is 21.1 Å². The van der Waals surface area contributed by atoms with Gasteiger partial charge in [0.25, 0.3) is 5.91 Å². The molecular formula is C21H35BrClNO3S. The average Bonchev–Trinajstić information content (AvgIpc) is 2.45. The van der Waals surface area contributed by atoms with Gasteiger partial charge in [-0.1, -0.05) is 32.4 Å². The van der Waals surface area contributed by atoms with Crippen molar-refractivity contribution >= 4 is 43.5 Å². The number of benzene rings is 1. The Balaban J connectivity index is 3.23. The van der Waals surface area contributed by atoms with Crippen molar-refractivity contribution in [1.29, 1.82) is 0 Å². The van der Waals surface area contributed by atoms with Gasteiger partial charge in [0.05, 0.1) is 23.8 Å². The van der Waals surface area contributed by atoms with Crippen LogP contribution in [-0.4, -0.2) is 49.7 Å². The van der Waals surface area contributed by atoms with Gasteiger partial charge in [-0.05, 0) is 66.4 Å². The van der Waals surface area contributed by atoms with Crippen LogP contribution in [-0.2, 0) is 0 Å². The second-order valence-electron chi connectivity index (χ2n) is 9.80. The first-order valence-electron chi connectivity index (χ1n) is 9.24. The molecule has 0 spiro atoms. The minimum Gasteiger partial charge on any atom is -0.494 e. The highest BCUT2D eigenvalue weighted by Crippen LogP contribution is 2.43. The van der Waals surface area contributed by atoms with Crippen molar-refractivity contribution in [3.8, 4) is 11.5 Å². The summed E-state index contributed by atoms with van der Waals surface area (Å²) in [6, 6.07) is 1.71. The quantitative estimate of drug-likeness (QED) is 0.471. The van der Waals surface area contributed by atoms with Crippen molar-refractivity contribution < 1.29 is 14.3 Å². The predicted octanol–water partition coefficient (Wildman–Crippen LogP) is 6.13. The number of hydrogen-bond acceptors (Lipinski definition) is 3. The number of methoxy groups -OCH3 is 1.